The Labute approximate surface area is 124 Å². The first-order valence-electron chi connectivity index (χ1n) is 6.95. The number of carbonyl (C=O) groups is 1. The highest BCUT2D eigenvalue weighted by molar-refractivity contribution is 7.89. The lowest BCUT2D eigenvalue weighted by Crippen LogP contribution is -2.38. The van der Waals surface area contributed by atoms with Gasteiger partial charge in [0.15, 0.2) is 0 Å². The van der Waals surface area contributed by atoms with Gasteiger partial charge in [0, 0.05) is 18.7 Å². The van der Waals surface area contributed by atoms with Gasteiger partial charge in [-0.2, -0.15) is 0 Å². The molecule has 2 rings (SSSR count). The van der Waals surface area contributed by atoms with Gasteiger partial charge in [0.1, 0.15) is 0 Å². The molecule has 0 bridgehead atoms. The molecule has 1 saturated carbocycles. The molecule has 0 aliphatic heterocycles. The van der Waals surface area contributed by atoms with Crippen LogP contribution < -0.4 is 10.0 Å². The number of amides is 1. The highest BCUT2D eigenvalue weighted by Gasteiger charge is 2.24. The first-order valence-corrected chi connectivity index (χ1v) is 8.43. The van der Waals surface area contributed by atoms with Crippen molar-refractivity contribution in [1.82, 2.24) is 10.0 Å². The molecule has 0 spiro atoms. The first-order chi connectivity index (χ1) is 9.92. The fraction of sp³-hybridized carbons (Fsp3) is 0.500. The van der Waals surface area contributed by atoms with Crippen molar-refractivity contribution in [3.63, 3.8) is 0 Å². The second-order valence-corrected chi connectivity index (χ2v) is 6.94. The average Bonchev–Trinajstić information content (AvgIpc) is 2.49. The molecule has 0 saturated heterocycles. The molecule has 21 heavy (non-hydrogen) atoms. The summed E-state index contributed by atoms with van der Waals surface area (Å²) in [5.41, 5.74) is 0.414. The second-order valence-electron chi connectivity index (χ2n) is 5.23. The van der Waals surface area contributed by atoms with Gasteiger partial charge < -0.3 is 10.4 Å². The zero-order chi connectivity index (χ0) is 15.5. The maximum atomic E-state index is 12.3. The first kappa shape index (κ1) is 15.9. The topological polar surface area (TPSA) is 95.5 Å². The van der Waals surface area contributed by atoms with Crippen LogP contribution in [0.3, 0.4) is 0 Å². The van der Waals surface area contributed by atoms with Crippen LogP contribution in [0.4, 0.5) is 0 Å². The number of nitrogens with one attached hydrogen (secondary N) is 2. The zero-order valence-corrected chi connectivity index (χ0v) is 12.7. The lowest BCUT2D eigenvalue weighted by Gasteiger charge is -2.25. The summed E-state index contributed by atoms with van der Waals surface area (Å²) in [7, 11) is -2.07. The predicted octanol–water partition coefficient (Wildman–Crippen LogP) is 0.628. The quantitative estimate of drug-likeness (QED) is 0.760. The Morgan fingerprint density at radius 2 is 1.71 bits per heavy atom. The molecule has 3 N–H and O–H groups in total. The van der Waals surface area contributed by atoms with Gasteiger partial charge in [0.25, 0.3) is 5.91 Å². The molecule has 116 valence electrons. The molecular formula is C14H20N2O4S. The molecule has 0 atom stereocenters. The van der Waals surface area contributed by atoms with Crippen molar-refractivity contribution < 1.29 is 18.3 Å². The molecule has 0 aromatic heterocycles. The van der Waals surface area contributed by atoms with Gasteiger partial charge in [-0.1, -0.05) is 0 Å². The van der Waals surface area contributed by atoms with E-state index in [9.17, 15) is 18.3 Å². The zero-order valence-electron chi connectivity index (χ0n) is 11.9. The lowest BCUT2D eigenvalue weighted by molar-refractivity contribution is 0.0963. The summed E-state index contributed by atoms with van der Waals surface area (Å²) in [5, 5.41) is 11.9. The van der Waals surface area contributed by atoms with Gasteiger partial charge >= 0.3 is 0 Å². The number of carbonyl (C=O) groups excluding carboxylic acids is 1. The van der Waals surface area contributed by atoms with E-state index in [0.717, 1.165) is 0 Å². The third-order valence-corrected chi connectivity index (χ3v) is 5.21. The van der Waals surface area contributed by atoms with E-state index in [1.54, 1.807) is 0 Å². The van der Waals surface area contributed by atoms with Crippen LogP contribution in [-0.2, 0) is 10.0 Å². The largest absolute Gasteiger partial charge is 0.393 e. The normalized spacial score (nSPS) is 22.8. The lowest BCUT2D eigenvalue weighted by atomic mass is 9.94. The summed E-state index contributed by atoms with van der Waals surface area (Å²) in [6, 6.07) is 5.67. The van der Waals surface area contributed by atoms with Gasteiger partial charge in [-0.05, 0) is 49.9 Å². The summed E-state index contributed by atoms with van der Waals surface area (Å²) in [6.07, 6.45) is 2.18. The maximum Gasteiger partial charge on any atom is 0.251 e. The Kier molecular flexibility index (Phi) is 4.97. The molecule has 6 nitrogen and oxygen atoms in total. The molecule has 1 aromatic carbocycles. The minimum Gasteiger partial charge on any atom is -0.393 e. The average molecular weight is 312 g/mol. The van der Waals surface area contributed by atoms with Crippen LogP contribution in [0.1, 0.15) is 36.0 Å². The third-order valence-electron chi connectivity index (χ3n) is 3.67. The van der Waals surface area contributed by atoms with Crippen molar-refractivity contribution in [2.75, 3.05) is 7.05 Å². The number of aliphatic hydroxyl groups is 1. The van der Waals surface area contributed by atoms with E-state index in [0.29, 0.717) is 31.2 Å². The van der Waals surface area contributed by atoms with Crippen molar-refractivity contribution in [2.24, 2.45) is 0 Å². The SMILES string of the molecule is CNC(=O)c1ccc(S(=O)(=O)NC2CCC(O)CC2)cc1. The van der Waals surface area contributed by atoms with Gasteiger partial charge in [-0.15, -0.1) is 0 Å². The van der Waals surface area contributed by atoms with Gasteiger partial charge in [-0.3, -0.25) is 4.79 Å². The van der Waals surface area contributed by atoms with Crippen LogP contribution in [0, 0.1) is 0 Å². The second kappa shape index (κ2) is 6.55. The number of rotatable bonds is 4. The van der Waals surface area contributed by atoms with Gasteiger partial charge in [0.05, 0.1) is 11.0 Å². The van der Waals surface area contributed by atoms with Crippen LogP contribution in [0.15, 0.2) is 29.2 Å². The summed E-state index contributed by atoms with van der Waals surface area (Å²) in [6.45, 7) is 0. The van der Waals surface area contributed by atoms with Crippen LogP contribution in [-0.4, -0.2) is 38.6 Å². The van der Waals surface area contributed by atoms with Crippen LogP contribution in [0.25, 0.3) is 0 Å². The van der Waals surface area contributed by atoms with Crippen molar-refractivity contribution in [1.29, 1.82) is 0 Å². The molecule has 0 heterocycles. The molecule has 1 aliphatic rings. The maximum absolute atomic E-state index is 12.3. The van der Waals surface area contributed by atoms with Crippen LogP contribution in [0.5, 0.6) is 0 Å². The molecule has 1 fully saturated rings. The predicted molar refractivity (Wildman–Crippen MR) is 78.4 cm³/mol. The Morgan fingerprint density at radius 3 is 2.24 bits per heavy atom. The Morgan fingerprint density at radius 1 is 1.14 bits per heavy atom. The molecule has 7 heteroatoms. The third kappa shape index (κ3) is 4.03. The Bertz CT molecular complexity index is 590. The number of hydrogen-bond acceptors (Lipinski definition) is 4. The Hall–Kier alpha value is -1.44. The summed E-state index contributed by atoms with van der Waals surface area (Å²) >= 11 is 0. The number of sulfonamides is 1. The number of benzene rings is 1. The van der Waals surface area contributed by atoms with Crippen molar-refractivity contribution >= 4 is 15.9 Å². The fourth-order valence-corrected chi connectivity index (χ4v) is 3.72. The van der Waals surface area contributed by atoms with Crippen molar-refractivity contribution in [3.05, 3.63) is 29.8 Å². The molecular weight excluding hydrogens is 292 g/mol. The summed E-state index contributed by atoms with van der Waals surface area (Å²) in [5.74, 6) is -0.256. The van der Waals surface area contributed by atoms with Crippen molar-refractivity contribution in [3.8, 4) is 0 Å². The monoisotopic (exact) mass is 312 g/mol. The minimum atomic E-state index is -3.59. The molecule has 0 radical (unpaired) electrons. The summed E-state index contributed by atoms with van der Waals surface area (Å²) < 4.78 is 27.2. The molecule has 0 unspecified atom stereocenters. The standard InChI is InChI=1S/C14H20N2O4S/c1-15-14(18)10-2-8-13(9-3-10)21(19,20)16-11-4-6-12(17)7-5-11/h2-3,8-9,11-12,16-17H,4-7H2,1H3,(H,15,18). The Balaban J connectivity index is 2.07. The van der Waals surface area contributed by atoms with Crippen molar-refractivity contribution in [2.45, 2.75) is 42.7 Å². The van der Waals surface area contributed by atoms with E-state index in [4.69, 9.17) is 0 Å². The molecule has 1 amide bonds. The molecule has 1 aliphatic carbocycles. The van der Waals surface area contributed by atoms with E-state index in [1.165, 1.54) is 31.3 Å². The smallest absolute Gasteiger partial charge is 0.251 e. The highest BCUT2D eigenvalue weighted by atomic mass is 32.2. The fourth-order valence-electron chi connectivity index (χ4n) is 2.41. The van der Waals surface area contributed by atoms with E-state index >= 15 is 0 Å². The molecule has 1 aromatic rings. The summed E-state index contributed by atoms with van der Waals surface area (Å²) in [4.78, 5) is 11.6. The van der Waals surface area contributed by atoms with E-state index in [1.807, 2.05) is 0 Å². The number of hydrogen-bond donors (Lipinski definition) is 3. The van der Waals surface area contributed by atoms with Gasteiger partial charge in [-0.25, -0.2) is 13.1 Å². The van der Waals surface area contributed by atoms with Gasteiger partial charge in [0.2, 0.25) is 10.0 Å². The van der Waals surface area contributed by atoms with E-state index < -0.39 is 10.0 Å². The number of aliphatic hydroxyl groups excluding tert-OH is 1. The minimum absolute atomic E-state index is 0.140. The van der Waals surface area contributed by atoms with E-state index in [-0.39, 0.29) is 22.9 Å². The van der Waals surface area contributed by atoms with E-state index in [2.05, 4.69) is 10.0 Å². The van der Waals surface area contributed by atoms with Crippen LogP contribution in [0.2, 0.25) is 0 Å². The highest BCUT2D eigenvalue weighted by Crippen LogP contribution is 2.20. The van der Waals surface area contributed by atoms with Crippen LogP contribution >= 0.6 is 0 Å².